The second kappa shape index (κ2) is 7.99. The first kappa shape index (κ1) is 18.6. The van der Waals surface area contributed by atoms with E-state index in [2.05, 4.69) is 15.4 Å². The third-order valence-electron chi connectivity index (χ3n) is 3.86. The summed E-state index contributed by atoms with van der Waals surface area (Å²) in [5, 5.41) is 7.20. The zero-order valence-electron chi connectivity index (χ0n) is 15.4. The molecule has 0 atom stereocenters. The Balaban J connectivity index is 2.06. The zero-order valence-corrected chi connectivity index (χ0v) is 15.4. The van der Waals surface area contributed by atoms with Crippen molar-refractivity contribution < 1.29 is 13.9 Å². The number of nitrogens with zero attached hydrogens (tertiary/aromatic N) is 3. The molecule has 0 fully saturated rings. The van der Waals surface area contributed by atoms with E-state index in [9.17, 15) is 9.18 Å². The lowest BCUT2D eigenvalue weighted by Crippen LogP contribution is -2.17. The van der Waals surface area contributed by atoms with Gasteiger partial charge >= 0.3 is 6.01 Å². The Kier molecular flexibility index (Phi) is 5.49. The minimum absolute atomic E-state index is 0.0879. The first-order valence-corrected chi connectivity index (χ1v) is 8.75. The number of amides is 1. The van der Waals surface area contributed by atoms with Crippen LogP contribution in [0, 0.1) is 11.7 Å². The molecule has 0 saturated carbocycles. The summed E-state index contributed by atoms with van der Waals surface area (Å²) in [6, 6.07) is 13.7. The third-order valence-corrected chi connectivity index (χ3v) is 3.86. The van der Waals surface area contributed by atoms with Crippen LogP contribution < -0.4 is 10.1 Å². The quantitative estimate of drug-likeness (QED) is 0.712. The normalized spacial score (nSPS) is 10.9. The summed E-state index contributed by atoms with van der Waals surface area (Å²) in [6.45, 7) is 5.86. The molecular formula is C20H21FN4O2. The van der Waals surface area contributed by atoms with E-state index in [0.29, 0.717) is 29.4 Å². The van der Waals surface area contributed by atoms with Crippen LogP contribution in [0.15, 0.2) is 48.5 Å². The van der Waals surface area contributed by atoms with E-state index < -0.39 is 5.82 Å². The molecule has 0 unspecified atom stereocenters. The van der Waals surface area contributed by atoms with Crippen LogP contribution in [0.25, 0.3) is 17.1 Å². The molecule has 1 aromatic heterocycles. The van der Waals surface area contributed by atoms with Crippen molar-refractivity contribution in [1.82, 2.24) is 14.8 Å². The molecule has 0 aliphatic rings. The summed E-state index contributed by atoms with van der Waals surface area (Å²) >= 11 is 0. The highest BCUT2D eigenvalue weighted by atomic mass is 19.1. The fourth-order valence-electron chi connectivity index (χ4n) is 2.48. The van der Waals surface area contributed by atoms with Gasteiger partial charge in [0.05, 0.1) is 17.9 Å². The second-order valence-electron chi connectivity index (χ2n) is 6.24. The number of halogens is 1. The number of hydrogen-bond acceptors (Lipinski definition) is 4. The molecule has 0 radical (unpaired) electrons. The largest absolute Gasteiger partial charge is 0.463 e. The van der Waals surface area contributed by atoms with E-state index in [0.717, 1.165) is 0 Å². The molecule has 3 aromatic rings. The Labute approximate surface area is 157 Å². The van der Waals surface area contributed by atoms with Crippen LogP contribution in [0.1, 0.15) is 20.8 Å². The lowest BCUT2D eigenvalue weighted by Gasteiger charge is -2.10. The average Bonchev–Trinajstić information content (AvgIpc) is 3.06. The van der Waals surface area contributed by atoms with Crippen molar-refractivity contribution >= 4 is 11.6 Å². The van der Waals surface area contributed by atoms with Crippen molar-refractivity contribution in [2.75, 3.05) is 11.9 Å². The van der Waals surface area contributed by atoms with E-state index >= 15 is 0 Å². The summed E-state index contributed by atoms with van der Waals surface area (Å²) in [7, 11) is 0. The zero-order chi connectivity index (χ0) is 19.4. The molecule has 7 heteroatoms. The fraction of sp³-hybridized carbons (Fsp3) is 0.250. The van der Waals surface area contributed by atoms with Gasteiger partial charge in [-0.1, -0.05) is 32.0 Å². The van der Waals surface area contributed by atoms with Gasteiger partial charge in [0.25, 0.3) is 0 Å². The van der Waals surface area contributed by atoms with Gasteiger partial charge in [-0.15, -0.1) is 5.10 Å². The van der Waals surface area contributed by atoms with Crippen molar-refractivity contribution in [2.24, 2.45) is 5.92 Å². The van der Waals surface area contributed by atoms with Crippen LogP contribution >= 0.6 is 0 Å². The monoisotopic (exact) mass is 368 g/mol. The maximum atomic E-state index is 14.3. The van der Waals surface area contributed by atoms with Gasteiger partial charge in [-0.2, -0.15) is 4.98 Å². The minimum Gasteiger partial charge on any atom is -0.463 e. The van der Waals surface area contributed by atoms with E-state index in [1.807, 2.05) is 20.8 Å². The number of carbonyl (C=O) groups is 1. The van der Waals surface area contributed by atoms with Gasteiger partial charge < -0.3 is 10.1 Å². The maximum absolute atomic E-state index is 14.3. The number of nitrogens with one attached hydrogen (secondary N) is 1. The Morgan fingerprint density at radius 1 is 1.22 bits per heavy atom. The predicted molar refractivity (Wildman–Crippen MR) is 101 cm³/mol. The van der Waals surface area contributed by atoms with Gasteiger partial charge in [-0.05, 0) is 37.3 Å². The number of carbonyl (C=O) groups excluding carboxylic acids is 1. The van der Waals surface area contributed by atoms with Gasteiger partial charge in [0.2, 0.25) is 5.91 Å². The molecule has 0 aliphatic carbocycles. The second-order valence-corrected chi connectivity index (χ2v) is 6.24. The molecule has 3 rings (SSSR count). The summed E-state index contributed by atoms with van der Waals surface area (Å²) in [6.07, 6.45) is 0. The van der Waals surface area contributed by atoms with Gasteiger partial charge in [0.15, 0.2) is 5.82 Å². The SMILES string of the molecule is CCOc1nc(-c2ccccc2F)n(-c2cccc(NC(=O)C(C)C)c2)n1. The number of rotatable bonds is 6. The minimum atomic E-state index is -0.404. The molecule has 1 amide bonds. The van der Waals surface area contributed by atoms with Crippen LogP contribution in [0.5, 0.6) is 6.01 Å². The summed E-state index contributed by atoms with van der Waals surface area (Å²) in [4.78, 5) is 16.3. The molecule has 1 heterocycles. The van der Waals surface area contributed by atoms with E-state index in [4.69, 9.17) is 4.74 Å². The van der Waals surface area contributed by atoms with Gasteiger partial charge in [-0.25, -0.2) is 9.07 Å². The Morgan fingerprint density at radius 2 is 2.00 bits per heavy atom. The molecule has 27 heavy (non-hydrogen) atoms. The molecule has 0 saturated heterocycles. The highest BCUT2D eigenvalue weighted by Crippen LogP contribution is 2.27. The third kappa shape index (κ3) is 4.13. The van der Waals surface area contributed by atoms with E-state index in [1.165, 1.54) is 10.7 Å². The first-order valence-electron chi connectivity index (χ1n) is 8.75. The van der Waals surface area contributed by atoms with E-state index in [1.54, 1.807) is 42.5 Å². The summed E-state index contributed by atoms with van der Waals surface area (Å²) < 4.78 is 21.2. The lowest BCUT2D eigenvalue weighted by molar-refractivity contribution is -0.118. The van der Waals surface area contributed by atoms with Crippen molar-refractivity contribution in [2.45, 2.75) is 20.8 Å². The number of hydrogen-bond donors (Lipinski definition) is 1. The van der Waals surface area contributed by atoms with Crippen molar-refractivity contribution in [3.05, 3.63) is 54.3 Å². The van der Waals surface area contributed by atoms with Gasteiger partial charge in [0, 0.05) is 11.6 Å². The number of ether oxygens (including phenoxy) is 1. The molecule has 0 aliphatic heterocycles. The van der Waals surface area contributed by atoms with Gasteiger partial charge in [-0.3, -0.25) is 4.79 Å². The maximum Gasteiger partial charge on any atom is 0.336 e. The van der Waals surface area contributed by atoms with Gasteiger partial charge in [0.1, 0.15) is 5.82 Å². The van der Waals surface area contributed by atoms with Crippen LogP contribution in [-0.2, 0) is 4.79 Å². The topological polar surface area (TPSA) is 69.0 Å². The summed E-state index contributed by atoms with van der Waals surface area (Å²) in [5.41, 5.74) is 1.57. The molecule has 2 aromatic carbocycles. The smallest absolute Gasteiger partial charge is 0.336 e. The summed E-state index contributed by atoms with van der Waals surface area (Å²) in [5.74, 6) is -0.309. The molecule has 0 spiro atoms. The van der Waals surface area contributed by atoms with Crippen molar-refractivity contribution in [3.8, 4) is 23.1 Å². The fourth-order valence-corrected chi connectivity index (χ4v) is 2.48. The van der Waals surface area contributed by atoms with Crippen LogP contribution in [-0.4, -0.2) is 27.3 Å². The number of benzene rings is 2. The van der Waals surface area contributed by atoms with Crippen molar-refractivity contribution in [3.63, 3.8) is 0 Å². The number of aromatic nitrogens is 3. The average molecular weight is 368 g/mol. The molecule has 140 valence electrons. The molecule has 1 N–H and O–H groups in total. The Bertz CT molecular complexity index is 953. The Hall–Kier alpha value is -3.22. The highest BCUT2D eigenvalue weighted by molar-refractivity contribution is 5.92. The highest BCUT2D eigenvalue weighted by Gasteiger charge is 2.18. The first-order chi connectivity index (χ1) is 13.0. The van der Waals surface area contributed by atoms with E-state index in [-0.39, 0.29) is 17.8 Å². The molecular weight excluding hydrogens is 347 g/mol. The van der Waals surface area contributed by atoms with Crippen LogP contribution in [0.2, 0.25) is 0 Å². The van der Waals surface area contributed by atoms with Crippen LogP contribution in [0.3, 0.4) is 0 Å². The number of anilines is 1. The molecule has 6 nitrogen and oxygen atoms in total. The van der Waals surface area contributed by atoms with Crippen molar-refractivity contribution in [1.29, 1.82) is 0 Å². The Morgan fingerprint density at radius 3 is 2.70 bits per heavy atom. The lowest BCUT2D eigenvalue weighted by atomic mass is 10.2. The van der Waals surface area contributed by atoms with Crippen LogP contribution in [0.4, 0.5) is 10.1 Å². The standard InChI is InChI=1S/C20H21FN4O2/c1-4-27-20-23-18(16-10-5-6-11-17(16)21)25(24-20)15-9-7-8-14(12-15)22-19(26)13(2)3/h5-13H,4H2,1-3H3,(H,22,26). The predicted octanol–water partition coefficient (Wildman–Crippen LogP) is 4.07. The molecule has 0 bridgehead atoms.